The molecule has 0 fully saturated rings. The van der Waals surface area contributed by atoms with E-state index in [1.54, 1.807) is 0 Å². The Kier molecular flexibility index (Phi) is 5.16. The summed E-state index contributed by atoms with van der Waals surface area (Å²) in [5.41, 5.74) is 5.52. The molecule has 4 heteroatoms. The summed E-state index contributed by atoms with van der Waals surface area (Å²) in [6, 6.07) is 11.4. The summed E-state index contributed by atoms with van der Waals surface area (Å²) in [6.07, 6.45) is 0. The zero-order valence-electron chi connectivity index (χ0n) is 14.0. The van der Waals surface area contributed by atoms with E-state index in [2.05, 4.69) is 10.6 Å². The van der Waals surface area contributed by atoms with Crippen molar-refractivity contribution in [2.24, 2.45) is 0 Å². The van der Waals surface area contributed by atoms with Crippen LogP contribution >= 0.6 is 0 Å². The van der Waals surface area contributed by atoms with Gasteiger partial charge in [-0.15, -0.1) is 0 Å². The number of hydrogen-bond acceptors (Lipinski definition) is 2. The molecule has 120 valence electrons. The molecular weight excluding hydrogens is 288 g/mol. The Balaban J connectivity index is 1.94. The molecule has 0 aliphatic heterocycles. The minimum absolute atomic E-state index is 0.0564. The number of carbonyl (C=O) groups is 2. The van der Waals surface area contributed by atoms with Gasteiger partial charge in [-0.2, -0.15) is 0 Å². The molecule has 0 saturated carbocycles. The SMILES string of the molecule is Cc1cc(C)cc(C(=O)NCC(=O)Nc2ccc(C)cc2C)c1. The molecule has 0 bridgehead atoms. The van der Waals surface area contributed by atoms with Crippen LogP contribution < -0.4 is 10.6 Å². The Labute approximate surface area is 136 Å². The van der Waals surface area contributed by atoms with Crippen LogP contribution in [-0.2, 0) is 4.79 Å². The van der Waals surface area contributed by atoms with Gasteiger partial charge in [-0.3, -0.25) is 9.59 Å². The predicted octanol–water partition coefficient (Wildman–Crippen LogP) is 3.29. The van der Waals surface area contributed by atoms with E-state index in [0.29, 0.717) is 5.56 Å². The summed E-state index contributed by atoms with van der Waals surface area (Å²) in [5, 5.41) is 5.47. The first-order valence-corrected chi connectivity index (χ1v) is 7.59. The average Bonchev–Trinajstić information content (AvgIpc) is 2.46. The Morgan fingerprint density at radius 1 is 0.870 bits per heavy atom. The van der Waals surface area contributed by atoms with E-state index in [0.717, 1.165) is 27.9 Å². The lowest BCUT2D eigenvalue weighted by Crippen LogP contribution is -2.33. The number of hydrogen-bond donors (Lipinski definition) is 2. The van der Waals surface area contributed by atoms with Gasteiger partial charge in [-0.05, 0) is 51.5 Å². The molecule has 2 amide bonds. The zero-order valence-corrected chi connectivity index (χ0v) is 14.0. The second-order valence-electron chi connectivity index (χ2n) is 5.93. The fraction of sp³-hybridized carbons (Fsp3) is 0.263. The van der Waals surface area contributed by atoms with Crippen LogP contribution in [0, 0.1) is 27.7 Å². The van der Waals surface area contributed by atoms with E-state index in [1.165, 1.54) is 0 Å². The third kappa shape index (κ3) is 4.68. The van der Waals surface area contributed by atoms with Crippen molar-refractivity contribution >= 4 is 17.5 Å². The van der Waals surface area contributed by atoms with Crippen LogP contribution in [0.2, 0.25) is 0 Å². The third-order valence-electron chi connectivity index (χ3n) is 3.55. The molecule has 2 aromatic carbocycles. The van der Waals surface area contributed by atoms with E-state index in [-0.39, 0.29) is 18.4 Å². The lowest BCUT2D eigenvalue weighted by atomic mass is 10.1. The molecule has 0 radical (unpaired) electrons. The van der Waals surface area contributed by atoms with Crippen molar-refractivity contribution in [1.82, 2.24) is 5.32 Å². The van der Waals surface area contributed by atoms with Gasteiger partial charge in [-0.1, -0.05) is 34.9 Å². The summed E-state index contributed by atoms with van der Waals surface area (Å²) in [5.74, 6) is -0.484. The van der Waals surface area contributed by atoms with Crippen LogP contribution in [0.4, 0.5) is 5.69 Å². The topological polar surface area (TPSA) is 58.2 Å². The van der Waals surface area contributed by atoms with Gasteiger partial charge in [0.05, 0.1) is 6.54 Å². The number of carbonyl (C=O) groups excluding carboxylic acids is 2. The fourth-order valence-corrected chi connectivity index (χ4v) is 2.52. The Bertz CT molecular complexity index is 731. The Morgan fingerprint density at radius 2 is 1.52 bits per heavy atom. The van der Waals surface area contributed by atoms with Gasteiger partial charge in [0.25, 0.3) is 5.91 Å². The number of rotatable bonds is 4. The van der Waals surface area contributed by atoms with Crippen molar-refractivity contribution in [2.45, 2.75) is 27.7 Å². The van der Waals surface area contributed by atoms with Crippen molar-refractivity contribution in [2.75, 3.05) is 11.9 Å². The van der Waals surface area contributed by atoms with E-state index < -0.39 is 0 Å². The summed E-state index contributed by atoms with van der Waals surface area (Å²) >= 11 is 0. The maximum atomic E-state index is 12.1. The molecule has 0 spiro atoms. The van der Waals surface area contributed by atoms with Gasteiger partial charge in [0.15, 0.2) is 0 Å². The van der Waals surface area contributed by atoms with Crippen molar-refractivity contribution in [3.05, 3.63) is 64.2 Å². The van der Waals surface area contributed by atoms with E-state index in [9.17, 15) is 9.59 Å². The first-order chi connectivity index (χ1) is 10.8. The number of aryl methyl sites for hydroxylation is 4. The number of benzene rings is 2. The number of nitrogens with one attached hydrogen (secondary N) is 2. The van der Waals surface area contributed by atoms with E-state index in [1.807, 2.05) is 64.1 Å². The van der Waals surface area contributed by atoms with Crippen molar-refractivity contribution in [3.8, 4) is 0 Å². The molecular formula is C19H22N2O2. The highest BCUT2D eigenvalue weighted by Gasteiger charge is 2.10. The predicted molar refractivity (Wildman–Crippen MR) is 92.8 cm³/mol. The molecule has 2 rings (SSSR count). The van der Waals surface area contributed by atoms with Crippen LogP contribution in [-0.4, -0.2) is 18.4 Å². The van der Waals surface area contributed by atoms with Crippen molar-refractivity contribution in [3.63, 3.8) is 0 Å². The minimum atomic E-state index is -0.243. The summed E-state index contributed by atoms with van der Waals surface area (Å²) < 4.78 is 0. The zero-order chi connectivity index (χ0) is 17.0. The molecule has 0 saturated heterocycles. The average molecular weight is 310 g/mol. The number of anilines is 1. The van der Waals surface area contributed by atoms with Gasteiger partial charge in [0.2, 0.25) is 5.91 Å². The van der Waals surface area contributed by atoms with Crippen LogP contribution in [0.3, 0.4) is 0 Å². The van der Waals surface area contributed by atoms with Gasteiger partial charge in [0, 0.05) is 11.3 Å². The van der Waals surface area contributed by atoms with Gasteiger partial charge < -0.3 is 10.6 Å². The normalized spacial score (nSPS) is 10.3. The lowest BCUT2D eigenvalue weighted by Gasteiger charge is -2.10. The molecule has 0 unspecified atom stereocenters. The van der Waals surface area contributed by atoms with Crippen molar-refractivity contribution in [1.29, 1.82) is 0 Å². The largest absolute Gasteiger partial charge is 0.343 e. The summed E-state index contributed by atoms with van der Waals surface area (Å²) in [7, 11) is 0. The van der Waals surface area contributed by atoms with E-state index in [4.69, 9.17) is 0 Å². The maximum absolute atomic E-state index is 12.1. The molecule has 0 aliphatic rings. The standard InChI is InChI=1S/C19H22N2O2/c1-12-5-6-17(15(4)8-12)21-18(22)11-20-19(23)16-9-13(2)7-14(3)10-16/h5-10H,11H2,1-4H3,(H,20,23)(H,21,22). The van der Waals surface area contributed by atoms with Crippen LogP contribution in [0.1, 0.15) is 32.6 Å². The first kappa shape index (κ1) is 16.7. The Morgan fingerprint density at radius 3 is 2.13 bits per heavy atom. The molecule has 23 heavy (non-hydrogen) atoms. The molecule has 2 N–H and O–H groups in total. The maximum Gasteiger partial charge on any atom is 0.251 e. The number of amides is 2. The van der Waals surface area contributed by atoms with Crippen molar-refractivity contribution < 1.29 is 9.59 Å². The smallest absolute Gasteiger partial charge is 0.251 e. The van der Waals surface area contributed by atoms with Gasteiger partial charge in [-0.25, -0.2) is 0 Å². The van der Waals surface area contributed by atoms with Gasteiger partial charge >= 0.3 is 0 Å². The molecule has 0 aromatic heterocycles. The second kappa shape index (κ2) is 7.09. The molecule has 0 atom stereocenters. The van der Waals surface area contributed by atoms with Crippen LogP contribution in [0.5, 0.6) is 0 Å². The molecule has 2 aromatic rings. The highest BCUT2D eigenvalue weighted by molar-refractivity contribution is 5.99. The van der Waals surface area contributed by atoms with E-state index >= 15 is 0 Å². The summed E-state index contributed by atoms with van der Waals surface area (Å²) in [6.45, 7) is 7.77. The van der Waals surface area contributed by atoms with Crippen LogP contribution in [0.25, 0.3) is 0 Å². The lowest BCUT2D eigenvalue weighted by molar-refractivity contribution is -0.115. The molecule has 4 nitrogen and oxygen atoms in total. The third-order valence-corrected chi connectivity index (χ3v) is 3.55. The minimum Gasteiger partial charge on any atom is -0.343 e. The Hall–Kier alpha value is -2.62. The van der Waals surface area contributed by atoms with Crippen LogP contribution in [0.15, 0.2) is 36.4 Å². The highest BCUT2D eigenvalue weighted by atomic mass is 16.2. The molecule has 0 heterocycles. The quantitative estimate of drug-likeness (QED) is 0.910. The summed E-state index contributed by atoms with van der Waals surface area (Å²) in [4.78, 5) is 24.1. The molecule has 0 aliphatic carbocycles. The second-order valence-corrected chi connectivity index (χ2v) is 5.93. The first-order valence-electron chi connectivity index (χ1n) is 7.59. The highest BCUT2D eigenvalue weighted by Crippen LogP contribution is 2.15. The monoisotopic (exact) mass is 310 g/mol. The van der Waals surface area contributed by atoms with Gasteiger partial charge in [0.1, 0.15) is 0 Å². The fourth-order valence-electron chi connectivity index (χ4n) is 2.52.